The van der Waals surface area contributed by atoms with Crippen molar-refractivity contribution in [1.82, 2.24) is 5.32 Å². The SMILES string of the molecule is Cc1ccc(-c2ccc(C3NC(=O)C(C#N)=C(S)N3c3ccc(Cl)cc3)o2)c([N+](=O)[O-])c1. The molecule has 1 aliphatic heterocycles. The molecule has 1 atom stereocenters. The Bertz CT molecular complexity index is 1310. The number of rotatable bonds is 4. The monoisotopic (exact) mass is 466 g/mol. The fourth-order valence-electron chi connectivity index (χ4n) is 3.42. The third-order valence-electron chi connectivity index (χ3n) is 4.93. The Morgan fingerprint density at radius 1 is 1.22 bits per heavy atom. The predicted molar refractivity (Wildman–Crippen MR) is 122 cm³/mol. The minimum Gasteiger partial charge on any atom is -0.457 e. The summed E-state index contributed by atoms with van der Waals surface area (Å²) in [4.78, 5) is 25.2. The van der Waals surface area contributed by atoms with E-state index in [1.807, 2.05) is 6.07 Å². The van der Waals surface area contributed by atoms with Crippen LogP contribution in [-0.4, -0.2) is 10.8 Å². The maximum atomic E-state index is 12.5. The number of carbonyl (C=O) groups excluding carboxylic acids is 1. The van der Waals surface area contributed by atoms with Crippen molar-refractivity contribution in [3.8, 4) is 17.4 Å². The molecule has 1 aromatic heterocycles. The summed E-state index contributed by atoms with van der Waals surface area (Å²) >= 11 is 10.4. The molecule has 1 amide bonds. The van der Waals surface area contributed by atoms with Crippen LogP contribution in [0.15, 0.2) is 69.6 Å². The lowest BCUT2D eigenvalue weighted by molar-refractivity contribution is -0.384. The zero-order valence-electron chi connectivity index (χ0n) is 16.6. The zero-order chi connectivity index (χ0) is 23.0. The number of anilines is 1. The number of nitriles is 1. The number of hydrogen-bond acceptors (Lipinski definition) is 7. The predicted octanol–water partition coefficient (Wildman–Crippen LogP) is 5.12. The Morgan fingerprint density at radius 3 is 2.59 bits per heavy atom. The quantitative estimate of drug-likeness (QED) is 0.313. The normalized spacial score (nSPS) is 16.0. The highest BCUT2D eigenvalue weighted by molar-refractivity contribution is 7.84. The van der Waals surface area contributed by atoms with Gasteiger partial charge in [-0.1, -0.05) is 17.7 Å². The Labute approximate surface area is 193 Å². The summed E-state index contributed by atoms with van der Waals surface area (Å²) in [6.45, 7) is 1.76. The van der Waals surface area contributed by atoms with E-state index in [1.165, 1.54) is 6.07 Å². The summed E-state index contributed by atoms with van der Waals surface area (Å²) in [5.41, 5.74) is 1.42. The van der Waals surface area contributed by atoms with Crippen molar-refractivity contribution in [2.24, 2.45) is 0 Å². The zero-order valence-corrected chi connectivity index (χ0v) is 18.2. The first-order valence-corrected chi connectivity index (χ1v) is 10.2. The number of benzene rings is 2. The fraction of sp³-hybridized carbons (Fsp3) is 0.0909. The number of nitrogens with one attached hydrogen (secondary N) is 1. The van der Waals surface area contributed by atoms with Gasteiger partial charge in [0.1, 0.15) is 23.2 Å². The largest absolute Gasteiger partial charge is 0.457 e. The third-order valence-corrected chi connectivity index (χ3v) is 5.62. The van der Waals surface area contributed by atoms with Crippen LogP contribution in [0, 0.1) is 28.4 Å². The molecule has 8 nitrogen and oxygen atoms in total. The standard InChI is InChI=1S/C22H15ClN4O4S/c1-12-2-7-15(17(10-12)27(29)30)18-8-9-19(31-18)20-25-21(28)16(11-24)22(32)26(20)14-5-3-13(23)4-6-14/h2-10,20,32H,1H3,(H,25,28). The second-order valence-corrected chi connectivity index (χ2v) is 7.87. The second kappa shape index (κ2) is 8.42. The van der Waals surface area contributed by atoms with E-state index in [1.54, 1.807) is 60.4 Å². The van der Waals surface area contributed by atoms with Gasteiger partial charge in [0.15, 0.2) is 6.17 Å². The van der Waals surface area contributed by atoms with E-state index in [9.17, 15) is 20.2 Å². The van der Waals surface area contributed by atoms with Crippen molar-refractivity contribution in [1.29, 1.82) is 5.26 Å². The summed E-state index contributed by atoms with van der Waals surface area (Å²) in [5, 5.41) is 24.3. The van der Waals surface area contributed by atoms with Crippen molar-refractivity contribution < 1.29 is 14.1 Å². The van der Waals surface area contributed by atoms with E-state index in [2.05, 4.69) is 17.9 Å². The van der Waals surface area contributed by atoms with Crippen LogP contribution in [0.4, 0.5) is 11.4 Å². The number of aryl methyl sites for hydroxylation is 1. The molecule has 0 aliphatic carbocycles. The van der Waals surface area contributed by atoms with Crippen molar-refractivity contribution >= 4 is 41.5 Å². The Morgan fingerprint density at radius 2 is 1.94 bits per heavy atom. The highest BCUT2D eigenvalue weighted by atomic mass is 35.5. The number of hydrogen-bond donors (Lipinski definition) is 2. The number of thiol groups is 1. The van der Waals surface area contributed by atoms with E-state index in [4.69, 9.17) is 16.0 Å². The van der Waals surface area contributed by atoms with Gasteiger partial charge in [0.05, 0.1) is 15.5 Å². The number of amides is 1. The topological polar surface area (TPSA) is 112 Å². The van der Waals surface area contributed by atoms with Gasteiger partial charge >= 0.3 is 0 Å². The number of nitro benzene ring substituents is 1. The molecular weight excluding hydrogens is 452 g/mol. The number of nitro groups is 1. The lowest BCUT2D eigenvalue weighted by atomic mass is 10.1. The average Bonchev–Trinajstić information content (AvgIpc) is 3.24. The van der Waals surface area contributed by atoms with Crippen molar-refractivity contribution in [2.45, 2.75) is 13.1 Å². The molecule has 0 spiro atoms. The van der Waals surface area contributed by atoms with Gasteiger partial charge in [-0.15, -0.1) is 12.6 Å². The summed E-state index contributed by atoms with van der Waals surface area (Å²) < 4.78 is 5.95. The molecule has 0 radical (unpaired) electrons. The molecule has 2 heterocycles. The van der Waals surface area contributed by atoms with Crippen molar-refractivity contribution in [3.63, 3.8) is 0 Å². The van der Waals surface area contributed by atoms with Gasteiger partial charge in [-0.3, -0.25) is 14.9 Å². The molecular formula is C22H15ClN4O4S. The van der Waals surface area contributed by atoms with Crippen LogP contribution in [0.2, 0.25) is 5.02 Å². The van der Waals surface area contributed by atoms with E-state index in [0.29, 0.717) is 22.0 Å². The molecule has 0 fully saturated rings. The van der Waals surface area contributed by atoms with Crippen LogP contribution in [0.3, 0.4) is 0 Å². The smallest absolute Gasteiger partial charge is 0.280 e. The van der Waals surface area contributed by atoms with Crippen LogP contribution in [0.1, 0.15) is 17.5 Å². The van der Waals surface area contributed by atoms with Gasteiger partial charge in [-0.05, 0) is 55.0 Å². The summed E-state index contributed by atoms with van der Waals surface area (Å²) in [6, 6.07) is 16.7. The Kier molecular flexibility index (Phi) is 5.65. The van der Waals surface area contributed by atoms with Crippen LogP contribution in [0.5, 0.6) is 0 Å². The molecule has 32 heavy (non-hydrogen) atoms. The van der Waals surface area contributed by atoms with Gasteiger partial charge in [-0.2, -0.15) is 5.26 Å². The number of halogens is 1. The molecule has 0 saturated carbocycles. The third kappa shape index (κ3) is 3.82. The van der Waals surface area contributed by atoms with Crippen LogP contribution in [-0.2, 0) is 4.79 Å². The number of nitrogens with zero attached hydrogens (tertiary/aromatic N) is 3. The van der Waals surface area contributed by atoms with E-state index in [-0.39, 0.29) is 22.0 Å². The number of carbonyl (C=O) groups is 1. The summed E-state index contributed by atoms with van der Waals surface area (Å²) in [7, 11) is 0. The first-order chi connectivity index (χ1) is 15.3. The molecule has 160 valence electrons. The van der Waals surface area contributed by atoms with Crippen molar-refractivity contribution in [3.05, 3.63) is 91.7 Å². The van der Waals surface area contributed by atoms with E-state index < -0.39 is 17.0 Å². The first kappa shape index (κ1) is 21.5. The van der Waals surface area contributed by atoms with Crippen LogP contribution >= 0.6 is 24.2 Å². The molecule has 3 aromatic rings. The Hall–Kier alpha value is -3.74. The molecule has 1 N–H and O–H groups in total. The van der Waals surface area contributed by atoms with Gasteiger partial charge in [0.25, 0.3) is 11.6 Å². The van der Waals surface area contributed by atoms with Gasteiger partial charge in [-0.25, -0.2) is 0 Å². The highest BCUT2D eigenvalue weighted by Gasteiger charge is 2.36. The van der Waals surface area contributed by atoms with Crippen LogP contribution < -0.4 is 10.2 Å². The minimum atomic E-state index is -0.841. The molecule has 10 heteroatoms. The van der Waals surface area contributed by atoms with Crippen molar-refractivity contribution in [2.75, 3.05) is 4.90 Å². The van der Waals surface area contributed by atoms with Gasteiger partial charge in [0.2, 0.25) is 0 Å². The molecule has 2 aromatic carbocycles. The van der Waals surface area contributed by atoms with Crippen LogP contribution in [0.25, 0.3) is 11.3 Å². The lowest BCUT2D eigenvalue weighted by Gasteiger charge is -2.36. The molecule has 4 rings (SSSR count). The molecule has 1 unspecified atom stereocenters. The molecule has 0 saturated heterocycles. The summed E-state index contributed by atoms with van der Waals surface area (Å²) in [5.74, 6) is -0.0264. The average molecular weight is 467 g/mol. The molecule has 1 aliphatic rings. The first-order valence-electron chi connectivity index (χ1n) is 9.34. The van der Waals surface area contributed by atoms with E-state index in [0.717, 1.165) is 5.56 Å². The lowest BCUT2D eigenvalue weighted by Crippen LogP contribution is -2.45. The Balaban J connectivity index is 1.81. The fourth-order valence-corrected chi connectivity index (χ4v) is 3.93. The van der Waals surface area contributed by atoms with E-state index >= 15 is 0 Å². The maximum absolute atomic E-state index is 12.5. The molecule has 0 bridgehead atoms. The summed E-state index contributed by atoms with van der Waals surface area (Å²) in [6.07, 6.45) is -0.841. The van der Waals surface area contributed by atoms with Gasteiger partial charge in [0, 0.05) is 16.8 Å². The van der Waals surface area contributed by atoms with Gasteiger partial charge < -0.3 is 14.6 Å². The second-order valence-electron chi connectivity index (χ2n) is 7.01. The highest BCUT2D eigenvalue weighted by Crippen LogP contribution is 2.39. The minimum absolute atomic E-state index is 0.0883. The maximum Gasteiger partial charge on any atom is 0.280 e. The number of furan rings is 1.